The molecule has 1 spiro atoms. The molecule has 2 aromatic rings. The van der Waals surface area contributed by atoms with Crippen molar-refractivity contribution in [2.75, 3.05) is 45.3 Å². The van der Waals surface area contributed by atoms with E-state index in [-0.39, 0.29) is 11.5 Å². The molecule has 3 heterocycles. The third-order valence-electron chi connectivity index (χ3n) is 6.64. The average molecular weight is 443 g/mol. The van der Waals surface area contributed by atoms with E-state index in [1.165, 1.54) is 0 Å². The van der Waals surface area contributed by atoms with Crippen LogP contribution < -0.4 is 14.4 Å². The van der Waals surface area contributed by atoms with Crippen molar-refractivity contribution in [3.8, 4) is 11.5 Å². The molecule has 0 N–H and O–H groups in total. The van der Waals surface area contributed by atoms with E-state index in [1.54, 1.807) is 14.2 Å². The molecule has 1 aromatic heterocycles. The number of ether oxygens (including phenoxy) is 3. The number of carbonyl (C=O) groups excluding carboxylic acids is 1. The summed E-state index contributed by atoms with van der Waals surface area (Å²) in [5, 5.41) is 9.81. The van der Waals surface area contributed by atoms with Gasteiger partial charge in [0.05, 0.1) is 31.1 Å². The van der Waals surface area contributed by atoms with Gasteiger partial charge in [0.15, 0.2) is 11.5 Å². The second-order valence-corrected chi connectivity index (χ2v) is 10.00. The summed E-state index contributed by atoms with van der Waals surface area (Å²) in [6.45, 7) is 11.1. The van der Waals surface area contributed by atoms with Gasteiger partial charge in [-0.2, -0.15) is 5.10 Å². The molecule has 2 aliphatic rings. The maximum Gasteiger partial charge on any atom is 0.410 e. The molecule has 0 atom stereocenters. The number of carbonyl (C=O) groups is 1. The lowest BCUT2D eigenvalue weighted by Gasteiger charge is -2.41. The minimum absolute atomic E-state index is 0.165. The number of anilines is 1. The van der Waals surface area contributed by atoms with Crippen molar-refractivity contribution in [1.82, 2.24) is 15.1 Å². The largest absolute Gasteiger partial charge is 0.493 e. The predicted octanol–water partition coefficient (Wildman–Crippen LogP) is 4.18. The number of amides is 1. The second-order valence-electron chi connectivity index (χ2n) is 10.00. The highest BCUT2D eigenvalue weighted by molar-refractivity contribution is 5.94. The van der Waals surface area contributed by atoms with Crippen LogP contribution in [0, 0.1) is 12.3 Å². The van der Waals surface area contributed by atoms with Crippen LogP contribution in [0.5, 0.6) is 11.5 Å². The van der Waals surface area contributed by atoms with Gasteiger partial charge >= 0.3 is 6.09 Å². The van der Waals surface area contributed by atoms with E-state index in [4.69, 9.17) is 14.2 Å². The number of fused-ring (bicyclic) bond motifs is 1. The molecule has 8 heteroatoms. The number of benzene rings is 1. The Balaban J connectivity index is 1.52. The number of piperidine rings is 1. The highest BCUT2D eigenvalue weighted by Crippen LogP contribution is 2.44. The normalized spacial score (nSPS) is 18.3. The van der Waals surface area contributed by atoms with Crippen LogP contribution in [0.1, 0.15) is 45.7 Å². The number of rotatable bonds is 3. The van der Waals surface area contributed by atoms with Crippen LogP contribution in [0.15, 0.2) is 12.1 Å². The van der Waals surface area contributed by atoms with E-state index in [9.17, 15) is 4.79 Å². The Hall–Kier alpha value is -2.77. The van der Waals surface area contributed by atoms with Crippen molar-refractivity contribution in [3.63, 3.8) is 0 Å². The number of methoxy groups -OCH3 is 2. The molecule has 1 aromatic carbocycles. The smallest absolute Gasteiger partial charge is 0.410 e. The SMILES string of the molecule is COc1cc2nnc(C)c(N3CCC4(CCN(C(=O)OC(C)(C)C)C4)CC3)c2cc1OC. The first kappa shape index (κ1) is 22.4. The van der Waals surface area contributed by atoms with Crippen molar-refractivity contribution < 1.29 is 19.0 Å². The minimum atomic E-state index is -0.465. The summed E-state index contributed by atoms with van der Waals surface area (Å²) in [6.07, 6.45) is 2.89. The Kier molecular flexibility index (Phi) is 5.81. The van der Waals surface area contributed by atoms with Gasteiger partial charge in [-0.3, -0.25) is 0 Å². The maximum absolute atomic E-state index is 12.5. The molecule has 1 amide bonds. The van der Waals surface area contributed by atoms with Crippen LogP contribution >= 0.6 is 0 Å². The summed E-state index contributed by atoms with van der Waals surface area (Å²) in [5.74, 6) is 1.33. The monoisotopic (exact) mass is 442 g/mol. The van der Waals surface area contributed by atoms with Crippen LogP contribution in [0.2, 0.25) is 0 Å². The average Bonchev–Trinajstić information content (AvgIpc) is 3.16. The van der Waals surface area contributed by atoms with Gasteiger partial charge in [-0.25, -0.2) is 4.79 Å². The third-order valence-corrected chi connectivity index (χ3v) is 6.64. The highest BCUT2D eigenvalue weighted by atomic mass is 16.6. The quantitative estimate of drug-likeness (QED) is 0.706. The summed E-state index contributed by atoms with van der Waals surface area (Å²) < 4.78 is 16.6. The third kappa shape index (κ3) is 4.27. The zero-order valence-corrected chi connectivity index (χ0v) is 20.0. The summed E-state index contributed by atoms with van der Waals surface area (Å²) in [4.78, 5) is 16.8. The van der Waals surface area contributed by atoms with Crippen LogP contribution in [0.3, 0.4) is 0 Å². The Morgan fingerprint density at radius 3 is 2.25 bits per heavy atom. The van der Waals surface area contributed by atoms with Gasteiger partial charge in [0.1, 0.15) is 5.60 Å². The topological polar surface area (TPSA) is 77.0 Å². The van der Waals surface area contributed by atoms with Crippen LogP contribution in [-0.4, -0.2) is 67.2 Å². The second kappa shape index (κ2) is 8.30. The van der Waals surface area contributed by atoms with Gasteiger partial charge in [-0.15, -0.1) is 5.10 Å². The molecular formula is C24H34N4O4. The van der Waals surface area contributed by atoms with Crippen LogP contribution in [-0.2, 0) is 4.74 Å². The molecule has 0 aliphatic carbocycles. The Morgan fingerprint density at radius 2 is 1.62 bits per heavy atom. The van der Waals surface area contributed by atoms with Gasteiger partial charge in [-0.05, 0) is 58.4 Å². The van der Waals surface area contributed by atoms with E-state index >= 15 is 0 Å². The fourth-order valence-corrected chi connectivity index (χ4v) is 4.94. The molecular weight excluding hydrogens is 408 g/mol. The van der Waals surface area contributed by atoms with E-state index < -0.39 is 5.60 Å². The molecule has 2 aliphatic heterocycles. The molecule has 174 valence electrons. The number of likely N-dealkylation sites (tertiary alicyclic amines) is 1. The van der Waals surface area contributed by atoms with Crippen molar-refractivity contribution in [2.45, 2.75) is 52.6 Å². The number of hydrogen-bond donors (Lipinski definition) is 0. The molecule has 8 nitrogen and oxygen atoms in total. The van der Waals surface area contributed by atoms with Crippen molar-refractivity contribution in [1.29, 1.82) is 0 Å². The lowest BCUT2D eigenvalue weighted by atomic mass is 9.77. The van der Waals surface area contributed by atoms with Gasteiger partial charge in [0.25, 0.3) is 0 Å². The highest BCUT2D eigenvalue weighted by Gasteiger charge is 2.43. The van der Waals surface area contributed by atoms with E-state index in [0.717, 1.165) is 67.7 Å². The fourth-order valence-electron chi connectivity index (χ4n) is 4.94. The van der Waals surface area contributed by atoms with Gasteiger partial charge in [-0.1, -0.05) is 0 Å². The molecule has 2 fully saturated rings. The standard InChI is InChI=1S/C24H34N4O4/c1-16-21(17-13-19(30-5)20(31-6)14-18(17)26-25-16)27-10-7-24(8-11-27)9-12-28(15-24)22(29)32-23(2,3)4/h13-14H,7-12,15H2,1-6H3. The Bertz CT molecular complexity index is 1010. The lowest BCUT2D eigenvalue weighted by Crippen LogP contribution is -2.43. The van der Waals surface area contributed by atoms with Gasteiger partial charge in [0, 0.05) is 37.6 Å². The van der Waals surface area contributed by atoms with Gasteiger partial charge < -0.3 is 24.0 Å². The van der Waals surface area contributed by atoms with Crippen LogP contribution in [0.25, 0.3) is 10.9 Å². The van der Waals surface area contributed by atoms with Gasteiger partial charge in [0.2, 0.25) is 0 Å². The number of aromatic nitrogens is 2. The first-order chi connectivity index (χ1) is 15.1. The van der Waals surface area contributed by atoms with Crippen molar-refractivity contribution >= 4 is 22.7 Å². The molecule has 32 heavy (non-hydrogen) atoms. The lowest BCUT2D eigenvalue weighted by molar-refractivity contribution is 0.0266. The Labute approximate surface area is 189 Å². The molecule has 0 radical (unpaired) electrons. The van der Waals surface area contributed by atoms with E-state index in [0.29, 0.717) is 11.5 Å². The summed E-state index contributed by atoms with van der Waals surface area (Å²) in [6, 6.07) is 3.88. The molecule has 0 bridgehead atoms. The first-order valence-electron chi connectivity index (χ1n) is 11.3. The summed E-state index contributed by atoms with van der Waals surface area (Å²) in [5.41, 5.74) is 2.50. The number of hydrogen-bond acceptors (Lipinski definition) is 7. The number of nitrogens with zero attached hydrogens (tertiary/aromatic N) is 4. The molecule has 2 saturated heterocycles. The van der Waals surface area contributed by atoms with Crippen LogP contribution in [0.4, 0.5) is 10.5 Å². The summed E-state index contributed by atoms with van der Waals surface area (Å²) >= 11 is 0. The number of aryl methyl sites for hydroxylation is 1. The zero-order chi connectivity index (χ0) is 23.1. The molecule has 0 saturated carbocycles. The first-order valence-corrected chi connectivity index (χ1v) is 11.3. The minimum Gasteiger partial charge on any atom is -0.493 e. The molecule has 0 unspecified atom stereocenters. The maximum atomic E-state index is 12.5. The van der Waals surface area contributed by atoms with Crippen molar-refractivity contribution in [3.05, 3.63) is 17.8 Å². The Morgan fingerprint density at radius 1 is 1.00 bits per heavy atom. The zero-order valence-electron chi connectivity index (χ0n) is 20.0. The molecule has 4 rings (SSSR count). The van der Waals surface area contributed by atoms with E-state index in [2.05, 4.69) is 15.1 Å². The van der Waals surface area contributed by atoms with E-state index in [1.807, 2.05) is 44.7 Å². The summed E-state index contributed by atoms with van der Waals surface area (Å²) in [7, 11) is 3.27. The fraction of sp³-hybridized carbons (Fsp3) is 0.625. The van der Waals surface area contributed by atoms with Crippen molar-refractivity contribution in [2.24, 2.45) is 5.41 Å². The predicted molar refractivity (Wildman–Crippen MR) is 124 cm³/mol.